The SMILES string of the molecule is N#CCC[PH](CCC#N)(CCC#N)Cc1ccccc1. The molecule has 0 aliphatic heterocycles. The van der Waals surface area contributed by atoms with Gasteiger partial charge < -0.3 is 0 Å². The minimum absolute atomic E-state index is 0.538. The van der Waals surface area contributed by atoms with Gasteiger partial charge in [-0.15, -0.1) is 0 Å². The number of nitrogens with zero attached hydrogens (tertiary/aromatic N) is 3. The Balaban J connectivity index is 2.91. The predicted octanol–water partition coefficient (Wildman–Crippen LogP) is 3.68. The van der Waals surface area contributed by atoms with Crippen LogP contribution in [0.5, 0.6) is 0 Å². The molecule has 0 saturated carbocycles. The fourth-order valence-electron chi connectivity index (χ4n) is 2.63. The van der Waals surface area contributed by atoms with Gasteiger partial charge >= 0.3 is 121 Å². The van der Waals surface area contributed by atoms with Crippen molar-refractivity contribution in [2.24, 2.45) is 0 Å². The molecule has 0 amide bonds. The molecular weight excluding hydrogens is 265 g/mol. The minimum atomic E-state index is -1.77. The summed E-state index contributed by atoms with van der Waals surface area (Å²) in [6.07, 6.45) is 5.26. The molecule has 104 valence electrons. The van der Waals surface area contributed by atoms with Crippen LogP contribution in [-0.2, 0) is 6.16 Å². The Bertz CT molecular complexity index is 474. The van der Waals surface area contributed by atoms with E-state index in [1.165, 1.54) is 5.56 Å². The maximum atomic E-state index is 8.89. The van der Waals surface area contributed by atoms with E-state index in [0.29, 0.717) is 19.3 Å². The molecule has 0 aromatic heterocycles. The molecule has 0 unspecified atom stereocenters. The van der Waals surface area contributed by atoms with Crippen LogP contribution >= 0.6 is 7.26 Å². The average molecular weight is 285 g/mol. The molecule has 0 radical (unpaired) electrons. The molecule has 1 aromatic carbocycles. The van der Waals surface area contributed by atoms with E-state index in [4.69, 9.17) is 15.8 Å². The molecule has 0 N–H and O–H groups in total. The molecule has 0 atom stereocenters. The van der Waals surface area contributed by atoms with Crippen molar-refractivity contribution in [2.75, 3.05) is 18.5 Å². The van der Waals surface area contributed by atoms with Crippen LogP contribution in [0.3, 0.4) is 0 Å². The summed E-state index contributed by atoms with van der Waals surface area (Å²) in [5.74, 6) is 0. The first-order valence-electron chi connectivity index (χ1n) is 6.91. The quantitative estimate of drug-likeness (QED) is 0.684. The van der Waals surface area contributed by atoms with E-state index in [0.717, 1.165) is 24.6 Å². The van der Waals surface area contributed by atoms with Crippen molar-refractivity contribution >= 4 is 7.26 Å². The second-order valence-electron chi connectivity index (χ2n) is 5.14. The molecule has 0 bridgehead atoms. The Morgan fingerprint density at radius 1 is 0.750 bits per heavy atom. The Hall–Kier alpha value is -1.88. The molecule has 3 nitrogen and oxygen atoms in total. The summed E-state index contributed by atoms with van der Waals surface area (Å²) in [7, 11) is -1.77. The summed E-state index contributed by atoms with van der Waals surface area (Å²) in [5.41, 5.74) is 1.27. The summed E-state index contributed by atoms with van der Waals surface area (Å²) in [6.45, 7) is 0. The van der Waals surface area contributed by atoms with Crippen LogP contribution in [0.25, 0.3) is 0 Å². The topological polar surface area (TPSA) is 71.4 Å². The first kappa shape index (κ1) is 16.2. The summed E-state index contributed by atoms with van der Waals surface area (Å²) in [6, 6.07) is 16.9. The summed E-state index contributed by atoms with van der Waals surface area (Å²) in [4.78, 5) is 0. The van der Waals surface area contributed by atoms with E-state index in [1.54, 1.807) is 0 Å². The molecule has 1 aromatic rings. The number of hydrogen-bond donors (Lipinski definition) is 0. The zero-order valence-corrected chi connectivity index (χ0v) is 12.7. The van der Waals surface area contributed by atoms with E-state index in [2.05, 4.69) is 30.3 Å². The molecule has 0 saturated heterocycles. The fraction of sp³-hybridized carbons (Fsp3) is 0.438. The number of nitriles is 3. The van der Waals surface area contributed by atoms with Crippen LogP contribution < -0.4 is 0 Å². The van der Waals surface area contributed by atoms with Gasteiger partial charge in [0.25, 0.3) is 0 Å². The van der Waals surface area contributed by atoms with Crippen molar-refractivity contribution in [1.29, 1.82) is 15.8 Å². The fourth-order valence-corrected chi connectivity index (χ4v) is 6.94. The Morgan fingerprint density at radius 2 is 1.20 bits per heavy atom. The van der Waals surface area contributed by atoms with Gasteiger partial charge in [-0.2, -0.15) is 0 Å². The van der Waals surface area contributed by atoms with Gasteiger partial charge in [0.15, 0.2) is 0 Å². The Kier molecular flexibility index (Phi) is 7.35. The zero-order valence-electron chi connectivity index (χ0n) is 11.7. The number of hydrogen-bond acceptors (Lipinski definition) is 3. The van der Waals surface area contributed by atoms with Crippen LogP contribution in [0.2, 0.25) is 0 Å². The Morgan fingerprint density at radius 3 is 1.60 bits per heavy atom. The molecule has 4 heteroatoms. The summed E-state index contributed by atoms with van der Waals surface area (Å²) >= 11 is 0. The third-order valence-electron chi connectivity index (χ3n) is 3.72. The standard InChI is InChI=1S/C16H20N3P/c17-9-4-12-20(13-5-10-18,14-6-11-19)15-16-7-2-1-3-8-16/h1-3,7-8,20H,4-6,12-15H2. The van der Waals surface area contributed by atoms with Crippen LogP contribution in [-0.4, -0.2) is 18.5 Å². The third-order valence-corrected chi connectivity index (χ3v) is 8.81. The van der Waals surface area contributed by atoms with Gasteiger partial charge in [0.05, 0.1) is 0 Å². The van der Waals surface area contributed by atoms with E-state index in [9.17, 15) is 0 Å². The van der Waals surface area contributed by atoms with Crippen molar-refractivity contribution in [2.45, 2.75) is 25.4 Å². The predicted molar refractivity (Wildman–Crippen MR) is 83.8 cm³/mol. The van der Waals surface area contributed by atoms with Gasteiger partial charge in [0.1, 0.15) is 0 Å². The first-order chi connectivity index (χ1) is 9.76. The third kappa shape index (κ3) is 5.40. The van der Waals surface area contributed by atoms with Crippen LogP contribution in [0, 0.1) is 34.0 Å². The van der Waals surface area contributed by atoms with Crippen LogP contribution in [0.15, 0.2) is 30.3 Å². The molecular formula is C16H20N3P. The molecule has 20 heavy (non-hydrogen) atoms. The monoisotopic (exact) mass is 285 g/mol. The normalized spacial score (nSPS) is 11.1. The van der Waals surface area contributed by atoms with Crippen molar-refractivity contribution in [3.05, 3.63) is 35.9 Å². The van der Waals surface area contributed by atoms with Crippen LogP contribution in [0.4, 0.5) is 0 Å². The summed E-state index contributed by atoms with van der Waals surface area (Å²) < 4.78 is 0. The van der Waals surface area contributed by atoms with Gasteiger partial charge in [-0.3, -0.25) is 0 Å². The number of benzene rings is 1. The van der Waals surface area contributed by atoms with E-state index >= 15 is 0 Å². The van der Waals surface area contributed by atoms with E-state index in [1.807, 2.05) is 18.2 Å². The first-order valence-corrected chi connectivity index (χ1v) is 9.74. The van der Waals surface area contributed by atoms with E-state index in [-0.39, 0.29) is 0 Å². The van der Waals surface area contributed by atoms with Crippen molar-refractivity contribution in [3.63, 3.8) is 0 Å². The van der Waals surface area contributed by atoms with Crippen molar-refractivity contribution < 1.29 is 0 Å². The second kappa shape index (κ2) is 9.09. The van der Waals surface area contributed by atoms with Crippen molar-refractivity contribution in [3.8, 4) is 18.2 Å². The number of rotatable bonds is 8. The molecule has 0 spiro atoms. The van der Waals surface area contributed by atoms with E-state index < -0.39 is 7.26 Å². The molecule has 0 aliphatic rings. The average Bonchev–Trinajstić information content (AvgIpc) is 2.49. The molecule has 1 rings (SSSR count). The van der Waals surface area contributed by atoms with Gasteiger partial charge in [0.2, 0.25) is 0 Å². The van der Waals surface area contributed by atoms with Gasteiger partial charge in [0, 0.05) is 0 Å². The molecule has 0 aliphatic carbocycles. The second-order valence-corrected chi connectivity index (χ2v) is 9.99. The van der Waals surface area contributed by atoms with Crippen LogP contribution in [0.1, 0.15) is 24.8 Å². The van der Waals surface area contributed by atoms with Gasteiger partial charge in [-0.1, -0.05) is 0 Å². The van der Waals surface area contributed by atoms with Crippen molar-refractivity contribution in [1.82, 2.24) is 0 Å². The van der Waals surface area contributed by atoms with Gasteiger partial charge in [-0.05, 0) is 0 Å². The molecule has 0 fully saturated rings. The van der Waals surface area contributed by atoms with Gasteiger partial charge in [-0.25, -0.2) is 0 Å². The summed E-state index contributed by atoms with van der Waals surface area (Å²) in [5, 5.41) is 26.7. The zero-order chi connectivity index (χ0) is 14.7. The Labute approximate surface area is 121 Å². The molecule has 0 heterocycles. The maximum absolute atomic E-state index is 8.89.